The van der Waals surface area contributed by atoms with E-state index in [1.54, 1.807) is 6.92 Å². The minimum atomic E-state index is -1.53. The van der Waals surface area contributed by atoms with Gasteiger partial charge < -0.3 is 29.8 Å². The minimum absolute atomic E-state index is 0.140. The zero-order valence-corrected chi connectivity index (χ0v) is 12.0. The normalized spacial score (nSPS) is 32.1. The molecule has 1 aliphatic rings. The molecular formula is C12H19NO8. The molecule has 1 heterocycles. The smallest absolute Gasteiger partial charge is 0.404 e. The van der Waals surface area contributed by atoms with E-state index in [1.807, 2.05) is 0 Å². The zero-order valence-electron chi connectivity index (χ0n) is 12.0. The number of aliphatic hydroxyl groups is 1. The standard InChI is InChI=1S/C12H19NO8/c1-5-8(4-18-6(2)14)20-11(16)10(19-7(3)15)9(5)21-12(13)17/h5,8-11,16H,4H2,1-3H3,(H2,13,17)/t5-,8-,9+,10+,11?/m1/s1. The van der Waals surface area contributed by atoms with Gasteiger partial charge in [0.2, 0.25) is 0 Å². The number of carbonyl (C=O) groups excluding carboxylic acids is 3. The van der Waals surface area contributed by atoms with Gasteiger partial charge in [-0.15, -0.1) is 0 Å². The lowest BCUT2D eigenvalue weighted by molar-refractivity contribution is -0.276. The summed E-state index contributed by atoms with van der Waals surface area (Å²) < 4.78 is 19.9. The maximum Gasteiger partial charge on any atom is 0.404 e. The fourth-order valence-electron chi connectivity index (χ4n) is 2.07. The predicted molar refractivity (Wildman–Crippen MR) is 66.7 cm³/mol. The average Bonchev–Trinajstić information content (AvgIpc) is 2.35. The molecule has 21 heavy (non-hydrogen) atoms. The number of rotatable bonds is 4. The van der Waals surface area contributed by atoms with Crippen LogP contribution in [0.1, 0.15) is 20.8 Å². The maximum atomic E-state index is 11.1. The molecule has 1 amide bonds. The van der Waals surface area contributed by atoms with Gasteiger partial charge in [-0.05, 0) is 0 Å². The summed E-state index contributed by atoms with van der Waals surface area (Å²) in [6, 6.07) is 0. The molecule has 0 radical (unpaired) electrons. The second kappa shape index (κ2) is 7.23. The quantitative estimate of drug-likeness (QED) is 0.514. The van der Waals surface area contributed by atoms with E-state index >= 15 is 0 Å². The molecule has 0 spiro atoms. The van der Waals surface area contributed by atoms with Crippen LogP contribution in [-0.2, 0) is 28.5 Å². The summed E-state index contributed by atoms with van der Waals surface area (Å²) in [5.41, 5.74) is 4.98. The Morgan fingerprint density at radius 3 is 2.24 bits per heavy atom. The van der Waals surface area contributed by atoms with Crippen LogP contribution in [0.2, 0.25) is 0 Å². The largest absolute Gasteiger partial charge is 0.463 e. The molecule has 120 valence electrons. The summed E-state index contributed by atoms with van der Waals surface area (Å²) in [4.78, 5) is 32.9. The lowest BCUT2D eigenvalue weighted by atomic mass is 9.90. The SMILES string of the molecule is CC(=O)OC[C@H]1OC(O)[C@@H](OC(C)=O)[C@@H](OC(N)=O)[C@@H]1C. The van der Waals surface area contributed by atoms with Crippen LogP contribution in [0.4, 0.5) is 4.79 Å². The van der Waals surface area contributed by atoms with E-state index in [9.17, 15) is 19.5 Å². The van der Waals surface area contributed by atoms with E-state index in [0.717, 1.165) is 6.92 Å². The third-order valence-corrected chi connectivity index (χ3v) is 3.03. The fourth-order valence-corrected chi connectivity index (χ4v) is 2.07. The van der Waals surface area contributed by atoms with Crippen LogP contribution in [0.5, 0.6) is 0 Å². The van der Waals surface area contributed by atoms with Gasteiger partial charge in [0.1, 0.15) is 12.7 Å². The number of esters is 2. The Bertz CT molecular complexity index is 412. The third kappa shape index (κ3) is 4.87. The Kier molecular flexibility index (Phi) is 5.91. The molecule has 0 aromatic carbocycles. The summed E-state index contributed by atoms with van der Waals surface area (Å²) >= 11 is 0. The molecular weight excluding hydrogens is 286 g/mol. The first kappa shape index (κ1) is 17.2. The Morgan fingerprint density at radius 1 is 1.14 bits per heavy atom. The van der Waals surface area contributed by atoms with Gasteiger partial charge in [0.25, 0.3) is 0 Å². The van der Waals surface area contributed by atoms with Crippen molar-refractivity contribution in [3.8, 4) is 0 Å². The monoisotopic (exact) mass is 305 g/mol. The van der Waals surface area contributed by atoms with Crippen molar-refractivity contribution >= 4 is 18.0 Å². The van der Waals surface area contributed by atoms with E-state index in [0.29, 0.717) is 0 Å². The molecule has 5 atom stereocenters. The fraction of sp³-hybridized carbons (Fsp3) is 0.750. The number of hydrogen-bond acceptors (Lipinski definition) is 8. The number of hydrogen-bond donors (Lipinski definition) is 2. The van der Waals surface area contributed by atoms with Gasteiger partial charge >= 0.3 is 18.0 Å². The molecule has 0 saturated carbocycles. The Labute approximate surface area is 121 Å². The molecule has 1 unspecified atom stereocenters. The molecule has 0 aliphatic carbocycles. The predicted octanol–water partition coefficient (Wildman–Crippen LogP) is -0.702. The molecule has 9 heteroatoms. The second-order valence-electron chi connectivity index (χ2n) is 4.70. The number of carbonyl (C=O) groups is 3. The topological polar surface area (TPSA) is 134 Å². The Balaban J connectivity index is 2.87. The number of primary amides is 1. The van der Waals surface area contributed by atoms with Crippen LogP contribution in [0.3, 0.4) is 0 Å². The van der Waals surface area contributed by atoms with E-state index in [1.165, 1.54) is 6.92 Å². The Hall–Kier alpha value is -1.87. The van der Waals surface area contributed by atoms with Crippen molar-refractivity contribution in [2.45, 2.75) is 45.4 Å². The molecule has 1 aliphatic heterocycles. The molecule has 1 fully saturated rings. The van der Waals surface area contributed by atoms with E-state index < -0.39 is 48.6 Å². The third-order valence-electron chi connectivity index (χ3n) is 3.03. The van der Waals surface area contributed by atoms with Crippen LogP contribution in [0.25, 0.3) is 0 Å². The van der Waals surface area contributed by atoms with Crippen molar-refractivity contribution in [1.82, 2.24) is 0 Å². The molecule has 3 N–H and O–H groups in total. The van der Waals surface area contributed by atoms with Crippen LogP contribution in [0, 0.1) is 5.92 Å². The maximum absolute atomic E-state index is 11.1. The van der Waals surface area contributed by atoms with Gasteiger partial charge in [-0.1, -0.05) is 6.92 Å². The van der Waals surface area contributed by atoms with Gasteiger partial charge in [0.15, 0.2) is 18.5 Å². The highest BCUT2D eigenvalue weighted by Gasteiger charge is 2.47. The van der Waals surface area contributed by atoms with E-state index in [2.05, 4.69) is 0 Å². The first-order chi connectivity index (χ1) is 9.72. The van der Waals surface area contributed by atoms with Crippen molar-refractivity contribution in [1.29, 1.82) is 0 Å². The second-order valence-corrected chi connectivity index (χ2v) is 4.70. The first-order valence-electron chi connectivity index (χ1n) is 6.32. The summed E-state index contributed by atoms with van der Waals surface area (Å²) in [7, 11) is 0. The first-order valence-corrected chi connectivity index (χ1v) is 6.32. The van der Waals surface area contributed by atoms with E-state index in [4.69, 9.17) is 24.7 Å². The molecule has 1 saturated heterocycles. The van der Waals surface area contributed by atoms with Crippen molar-refractivity contribution in [2.24, 2.45) is 11.7 Å². The van der Waals surface area contributed by atoms with Crippen molar-refractivity contribution in [2.75, 3.05) is 6.61 Å². The number of ether oxygens (including phenoxy) is 4. The van der Waals surface area contributed by atoms with Crippen LogP contribution < -0.4 is 5.73 Å². The van der Waals surface area contributed by atoms with Gasteiger partial charge in [-0.2, -0.15) is 0 Å². The molecule has 1 rings (SSSR count). The van der Waals surface area contributed by atoms with Crippen LogP contribution in [-0.4, -0.2) is 54.3 Å². The van der Waals surface area contributed by atoms with Crippen LogP contribution >= 0.6 is 0 Å². The average molecular weight is 305 g/mol. The highest BCUT2D eigenvalue weighted by Crippen LogP contribution is 2.29. The number of amides is 1. The Morgan fingerprint density at radius 2 is 1.76 bits per heavy atom. The summed E-state index contributed by atoms with van der Waals surface area (Å²) in [6.45, 7) is 3.86. The molecule has 0 aromatic heterocycles. The lowest BCUT2D eigenvalue weighted by Gasteiger charge is -2.41. The minimum Gasteiger partial charge on any atom is -0.463 e. The highest BCUT2D eigenvalue weighted by atomic mass is 16.7. The summed E-state index contributed by atoms with van der Waals surface area (Å²) in [6.07, 6.45) is -5.58. The van der Waals surface area contributed by atoms with Crippen LogP contribution in [0.15, 0.2) is 0 Å². The van der Waals surface area contributed by atoms with Gasteiger partial charge in [0.05, 0.1) is 0 Å². The molecule has 0 aromatic rings. The zero-order chi connectivity index (χ0) is 16.2. The number of aliphatic hydroxyl groups excluding tert-OH is 1. The van der Waals surface area contributed by atoms with Crippen molar-refractivity contribution in [3.05, 3.63) is 0 Å². The number of nitrogens with two attached hydrogens (primary N) is 1. The van der Waals surface area contributed by atoms with Gasteiger partial charge in [-0.3, -0.25) is 9.59 Å². The summed E-state index contributed by atoms with van der Waals surface area (Å²) in [5.74, 6) is -1.72. The van der Waals surface area contributed by atoms with Crippen molar-refractivity contribution < 1.29 is 38.4 Å². The van der Waals surface area contributed by atoms with Gasteiger partial charge in [-0.25, -0.2) is 4.79 Å². The highest BCUT2D eigenvalue weighted by molar-refractivity contribution is 5.67. The molecule has 0 bridgehead atoms. The van der Waals surface area contributed by atoms with Gasteiger partial charge in [0, 0.05) is 19.8 Å². The summed E-state index contributed by atoms with van der Waals surface area (Å²) in [5, 5.41) is 9.88. The lowest BCUT2D eigenvalue weighted by Crippen LogP contribution is -2.58. The van der Waals surface area contributed by atoms with Crippen molar-refractivity contribution in [3.63, 3.8) is 0 Å². The van der Waals surface area contributed by atoms with E-state index in [-0.39, 0.29) is 6.61 Å². The molecule has 9 nitrogen and oxygen atoms in total.